The maximum atomic E-state index is 12.6. The molecule has 0 radical (unpaired) electrons. The summed E-state index contributed by atoms with van der Waals surface area (Å²) in [6, 6.07) is 13.6. The number of nitriles is 1. The second-order valence-corrected chi connectivity index (χ2v) is 6.01. The second kappa shape index (κ2) is 7.08. The Bertz CT molecular complexity index is 815. The zero-order valence-electron chi connectivity index (χ0n) is 13.8. The normalized spacial score (nSPS) is 14.8. The van der Waals surface area contributed by atoms with E-state index in [2.05, 4.69) is 11.0 Å². The molecule has 7 heteroatoms. The molecule has 1 fully saturated rings. The molecule has 0 unspecified atom stereocenters. The Labute approximate surface area is 149 Å². The number of halogens is 3. The van der Waals surface area contributed by atoms with Gasteiger partial charge < -0.3 is 9.80 Å². The molecule has 0 spiro atoms. The lowest BCUT2D eigenvalue weighted by molar-refractivity contribution is -0.137. The lowest BCUT2D eigenvalue weighted by Gasteiger charge is -2.36. The van der Waals surface area contributed by atoms with Gasteiger partial charge in [-0.1, -0.05) is 0 Å². The number of hydrogen-bond acceptors (Lipinski definition) is 3. The monoisotopic (exact) mass is 359 g/mol. The lowest BCUT2D eigenvalue weighted by atomic mass is 10.1. The largest absolute Gasteiger partial charge is 0.416 e. The highest BCUT2D eigenvalue weighted by molar-refractivity contribution is 5.94. The van der Waals surface area contributed by atoms with Crippen molar-refractivity contribution in [2.75, 3.05) is 31.1 Å². The molecular formula is C19H16F3N3O. The average Bonchev–Trinajstić information content (AvgIpc) is 2.67. The van der Waals surface area contributed by atoms with Gasteiger partial charge in [-0.15, -0.1) is 0 Å². The fourth-order valence-electron chi connectivity index (χ4n) is 2.90. The number of carbonyl (C=O) groups excluding carboxylic acids is 1. The Morgan fingerprint density at radius 2 is 1.50 bits per heavy atom. The van der Waals surface area contributed by atoms with E-state index < -0.39 is 11.7 Å². The van der Waals surface area contributed by atoms with Crippen LogP contribution >= 0.6 is 0 Å². The van der Waals surface area contributed by atoms with Crippen LogP contribution in [0.25, 0.3) is 0 Å². The number of nitrogens with zero attached hydrogens (tertiary/aromatic N) is 3. The lowest BCUT2D eigenvalue weighted by Crippen LogP contribution is -2.48. The second-order valence-electron chi connectivity index (χ2n) is 6.01. The van der Waals surface area contributed by atoms with Crippen molar-refractivity contribution in [1.82, 2.24) is 4.90 Å². The van der Waals surface area contributed by atoms with E-state index in [-0.39, 0.29) is 11.5 Å². The highest BCUT2D eigenvalue weighted by Crippen LogP contribution is 2.29. The number of amides is 1. The van der Waals surface area contributed by atoms with E-state index in [0.717, 1.165) is 17.8 Å². The molecule has 0 N–H and O–H groups in total. The number of piperazine rings is 1. The molecule has 1 heterocycles. The standard InChI is InChI=1S/C19H16F3N3O/c20-19(21,22)16-5-3-15(4-6-16)18(26)25-11-9-24(10-12-25)17-7-1-14(13-23)2-8-17/h1-8H,9-12H2. The van der Waals surface area contributed by atoms with Crippen molar-refractivity contribution in [3.05, 3.63) is 65.2 Å². The minimum absolute atomic E-state index is 0.254. The number of alkyl halides is 3. The van der Waals surface area contributed by atoms with E-state index in [4.69, 9.17) is 5.26 Å². The van der Waals surface area contributed by atoms with Crippen LogP contribution in [0, 0.1) is 11.3 Å². The van der Waals surface area contributed by atoms with Gasteiger partial charge in [-0.3, -0.25) is 4.79 Å². The van der Waals surface area contributed by atoms with Crippen LogP contribution in [-0.4, -0.2) is 37.0 Å². The smallest absolute Gasteiger partial charge is 0.368 e. The Hall–Kier alpha value is -3.01. The first-order chi connectivity index (χ1) is 12.4. The summed E-state index contributed by atoms with van der Waals surface area (Å²) in [6.45, 7) is 2.22. The maximum Gasteiger partial charge on any atom is 0.416 e. The third-order valence-corrected chi connectivity index (χ3v) is 4.39. The van der Waals surface area contributed by atoms with Gasteiger partial charge in [0.2, 0.25) is 0 Å². The fraction of sp³-hybridized carbons (Fsp3) is 0.263. The van der Waals surface area contributed by atoms with E-state index in [1.54, 1.807) is 17.0 Å². The highest BCUT2D eigenvalue weighted by atomic mass is 19.4. The van der Waals surface area contributed by atoms with Gasteiger partial charge in [0.05, 0.1) is 17.2 Å². The molecule has 0 bridgehead atoms. The third-order valence-electron chi connectivity index (χ3n) is 4.39. The third kappa shape index (κ3) is 3.80. The summed E-state index contributed by atoms with van der Waals surface area (Å²) >= 11 is 0. The van der Waals surface area contributed by atoms with Crippen LogP contribution in [0.1, 0.15) is 21.5 Å². The number of hydrogen-bond donors (Lipinski definition) is 0. The van der Waals surface area contributed by atoms with Gasteiger partial charge in [-0.25, -0.2) is 0 Å². The van der Waals surface area contributed by atoms with Crippen LogP contribution < -0.4 is 4.90 Å². The zero-order chi connectivity index (χ0) is 18.7. The average molecular weight is 359 g/mol. The van der Waals surface area contributed by atoms with Crippen LogP contribution in [0.5, 0.6) is 0 Å². The Balaban J connectivity index is 1.62. The molecule has 134 valence electrons. The first-order valence-electron chi connectivity index (χ1n) is 8.10. The van der Waals surface area contributed by atoms with Crippen molar-refractivity contribution in [2.24, 2.45) is 0 Å². The SMILES string of the molecule is N#Cc1ccc(N2CCN(C(=O)c3ccc(C(F)(F)F)cc3)CC2)cc1. The van der Waals surface area contributed by atoms with Crippen LogP contribution in [0.3, 0.4) is 0 Å². The number of carbonyl (C=O) groups is 1. The van der Waals surface area contributed by atoms with Crippen LogP contribution in [0.4, 0.5) is 18.9 Å². The summed E-state index contributed by atoms with van der Waals surface area (Å²) in [5.74, 6) is -0.266. The minimum Gasteiger partial charge on any atom is -0.368 e. The van der Waals surface area contributed by atoms with Crippen molar-refractivity contribution >= 4 is 11.6 Å². The molecule has 0 aromatic heterocycles. The molecule has 26 heavy (non-hydrogen) atoms. The summed E-state index contributed by atoms with van der Waals surface area (Å²) in [7, 11) is 0. The van der Waals surface area contributed by atoms with Crippen molar-refractivity contribution in [1.29, 1.82) is 5.26 Å². The van der Waals surface area contributed by atoms with E-state index in [0.29, 0.717) is 31.7 Å². The topological polar surface area (TPSA) is 47.3 Å². The Kier molecular flexibility index (Phi) is 4.85. The van der Waals surface area contributed by atoms with Gasteiger partial charge >= 0.3 is 6.18 Å². The zero-order valence-corrected chi connectivity index (χ0v) is 13.8. The van der Waals surface area contributed by atoms with E-state index in [1.807, 2.05) is 12.1 Å². The predicted molar refractivity (Wildman–Crippen MR) is 90.7 cm³/mol. The number of anilines is 1. The Morgan fingerprint density at radius 3 is 2.00 bits per heavy atom. The van der Waals surface area contributed by atoms with Gasteiger partial charge in [0.1, 0.15) is 0 Å². The molecular weight excluding hydrogens is 343 g/mol. The summed E-state index contributed by atoms with van der Waals surface area (Å²) in [4.78, 5) is 16.2. The van der Waals surface area contributed by atoms with Crippen molar-refractivity contribution in [3.8, 4) is 6.07 Å². The van der Waals surface area contributed by atoms with Gasteiger partial charge in [-0.2, -0.15) is 18.4 Å². The maximum absolute atomic E-state index is 12.6. The molecule has 1 aliphatic heterocycles. The first kappa shape index (κ1) is 17.8. The van der Waals surface area contributed by atoms with Crippen LogP contribution in [0.2, 0.25) is 0 Å². The molecule has 2 aromatic carbocycles. The quantitative estimate of drug-likeness (QED) is 0.824. The molecule has 3 rings (SSSR count). The first-order valence-corrected chi connectivity index (χ1v) is 8.10. The summed E-state index contributed by atoms with van der Waals surface area (Å²) < 4.78 is 37.8. The summed E-state index contributed by atoms with van der Waals surface area (Å²) in [5, 5.41) is 8.83. The van der Waals surface area contributed by atoms with Crippen molar-refractivity contribution in [3.63, 3.8) is 0 Å². The highest BCUT2D eigenvalue weighted by Gasteiger charge is 2.30. The molecule has 1 saturated heterocycles. The molecule has 0 atom stereocenters. The van der Waals surface area contributed by atoms with Gasteiger partial charge in [0.15, 0.2) is 0 Å². The van der Waals surface area contributed by atoms with Gasteiger partial charge in [0.25, 0.3) is 5.91 Å². The molecule has 0 aliphatic carbocycles. The van der Waals surface area contributed by atoms with Gasteiger partial charge in [-0.05, 0) is 48.5 Å². The molecule has 4 nitrogen and oxygen atoms in total. The molecule has 2 aromatic rings. The summed E-state index contributed by atoms with van der Waals surface area (Å²) in [6.07, 6.45) is -4.41. The van der Waals surface area contributed by atoms with E-state index in [9.17, 15) is 18.0 Å². The summed E-state index contributed by atoms with van der Waals surface area (Å²) in [5.41, 5.74) is 1.06. The van der Waals surface area contributed by atoms with Crippen molar-refractivity contribution in [2.45, 2.75) is 6.18 Å². The van der Waals surface area contributed by atoms with Gasteiger partial charge in [0, 0.05) is 37.4 Å². The van der Waals surface area contributed by atoms with E-state index in [1.165, 1.54) is 12.1 Å². The minimum atomic E-state index is -4.41. The fourth-order valence-corrected chi connectivity index (χ4v) is 2.90. The number of benzene rings is 2. The number of rotatable bonds is 2. The Morgan fingerprint density at radius 1 is 0.923 bits per heavy atom. The van der Waals surface area contributed by atoms with E-state index >= 15 is 0 Å². The molecule has 1 aliphatic rings. The molecule has 1 amide bonds. The van der Waals surface area contributed by atoms with Crippen molar-refractivity contribution < 1.29 is 18.0 Å². The molecule has 0 saturated carbocycles. The predicted octanol–water partition coefficient (Wildman–Crippen LogP) is 3.54. The van der Waals surface area contributed by atoms with Crippen LogP contribution in [0.15, 0.2) is 48.5 Å². The van der Waals surface area contributed by atoms with Crippen LogP contribution in [-0.2, 0) is 6.18 Å².